The van der Waals surface area contributed by atoms with Crippen molar-refractivity contribution in [2.24, 2.45) is 5.73 Å². The zero-order chi connectivity index (χ0) is 15.0. The first-order valence-electron chi connectivity index (χ1n) is 6.49. The van der Waals surface area contributed by atoms with Crippen LogP contribution < -0.4 is 5.73 Å². The molecule has 0 aromatic heterocycles. The van der Waals surface area contributed by atoms with Gasteiger partial charge in [-0.3, -0.25) is 4.79 Å². The third-order valence-electron chi connectivity index (χ3n) is 2.89. The second kappa shape index (κ2) is 10.8. The number of benzene rings is 1. The third kappa shape index (κ3) is 7.09. The molecule has 0 atom stereocenters. The number of ether oxygens (including phenoxy) is 1. The lowest BCUT2D eigenvalue weighted by atomic mass is 10.2. The Morgan fingerprint density at radius 3 is 2.76 bits per heavy atom. The largest absolute Gasteiger partial charge is 0.383 e. The maximum atomic E-state index is 13.0. The van der Waals surface area contributed by atoms with Crippen LogP contribution in [-0.2, 0) is 16.1 Å². The van der Waals surface area contributed by atoms with Gasteiger partial charge in [-0.1, -0.05) is 17.7 Å². The highest BCUT2D eigenvalue weighted by molar-refractivity contribution is 6.31. The molecule has 0 bridgehead atoms. The molecule has 21 heavy (non-hydrogen) atoms. The van der Waals surface area contributed by atoms with E-state index < -0.39 is 5.82 Å². The van der Waals surface area contributed by atoms with E-state index >= 15 is 0 Å². The number of nitrogens with zero attached hydrogens (tertiary/aromatic N) is 1. The van der Waals surface area contributed by atoms with Crippen molar-refractivity contribution in [2.75, 3.05) is 26.8 Å². The number of hydrogen-bond donors (Lipinski definition) is 1. The molecule has 1 aromatic carbocycles. The van der Waals surface area contributed by atoms with Gasteiger partial charge in [0.05, 0.1) is 6.61 Å². The molecular formula is C14H21Cl2FN2O2. The summed E-state index contributed by atoms with van der Waals surface area (Å²) >= 11 is 5.99. The molecule has 0 aliphatic carbocycles. The van der Waals surface area contributed by atoms with Crippen LogP contribution in [0.25, 0.3) is 0 Å². The maximum absolute atomic E-state index is 13.0. The van der Waals surface area contributed by atoms with E-state index in [9.17, 15) is 9.18 Å². The second-order valence-corrected chi connectivity index (χ2v) is 4.84. The van der Waals surface area contributed by atoms with E-state index in [0.717, 1.165) is 0 Å². The highest BCUT2D eigenvalue weighted by atomic mass is 35.5. The van der Waals surface area contributed by atoms with E-state index in [1.165, 1.54) is 12.1 Å². The molecule has 1 amide bonds. The van der Waals surface area contributed by atoms with Crippen molar-refractivity contribution >= 4 is 29.9 Å². The number of nitrogens with two attached hydrogens (primary N) is 1. The second-order valence-electron chi connectivity index (χ2n) is 4.44. The summed E-state index contributed by atoms with van der Waals surface area (Å²) < 4.78 is 18.0. The van der Waals surface area contributed by atoms with Gasteiger partial charge in [0.15, 0.2) is 0 Å². The summed E-state index contributed by atoms with van der Waals surface area (Å²) in [4.78, 5) is 13.7. The highest BCUT2D eigenvalue weighted by Gasteiger charge is 2.15. The van der Waals surface area contributed by atoms with Crippen molar-refractivity contribution in [1.82, 2.24) is 4.90 Å². The van der Waals surface area contributed by atoms with Crippen LogP contribution in [0.1, 0.15) is 18.4 Å². The standard InChI is InChI=1S/C14H20ClFN2O2.ClH/c1-20-8-7-18(14(19)3-2-6-17)10-11-4-5-12(16)9-13(11)15;/h4-5,9H,2-3,6-8,10,17H2,1H3;1H. The van der Waals surface area contributed by atoms with Crippen molar-refractivity contribution in [1.29, 1.82) is 0 Å². The average Bonchev–Trinajstić information content (AvgIpc) is 2.43. The number of halogens is 3. The van der Waals surface area contributed by atoms with E-state index in [2.05, 4.69) is 0 Å². The first-order chi connectivity index (χ1) is 9.58. The van der Waals surface area contributed by atoms with Gasteiger partial charge >= 0.3 is 0 Å². The van der Waals surface area contributed by atoms with Crippen LogP contribution in [0, 0.1) is 5.82 Å². The van der Waals surface area contributed by atoms with Crippen LogP contribution in [0.3, 0.4) is 0 Å². The molecule has 0 saturated carbocycles. The van der Waals surface area contributed by atoms with Crippen molar-refractivity contribution in [3.8, 4) is 0 Å². The zero-order valence-electron chi connectivity index (χ0n) is 12.0. The fraction of sp³-hybridized carbons (Fsp3) is 0.500. The minimum absolute atomic E-state index is 0. The minimum atomic E-state index is -0.392. The Balaban J connectivity index is 0.00000400. The molecule has 4 nitrogen and oxygen atoms in total. The van der Waals surface area contributed by atoms with Gasteiger partial charge in [0, 0.05) is 31.6 Å². The van der Waals surface area contributed by atoms with Crippen LogP contribution >= 0.6 is 24.0 Å². The van der Waals surface area contributed by atoms with E-state index in [-0.39, 0.29) is 18.3 Å². The van der Waals surface area contributed by atoms with Gasteiger partial charge in [0.2, 0.25) is 5.91 Å². The van der Waals surface area contributed by atoms with Crippen LogP contribution in [0.15, 0.2) is 18.2 Å². The summed E-state index contributed by atoms with van der Waals surface area (Å²) in [6.07, 6.45) is 1.03. The molecule has 120 valence electrons. The Morgan fingerprint density at radius 2 is 2.19 bits per heavy atom. The first-order valence-corrected chi connectivity index (χ1v) is 6.87. The van der Waals surface area contributed by atoms with Crippen LogP contribution in [0.2, 0.25) is 5.02 Å². The summed E-state index contributed by atoms with van der Waals surface area (Å²) in [5.74, 6) is -0.399. The average molecular weight is 339 g/mol. The number of methoxy groups -OCH3 is 1. The fourth-order valence-electron chi connectivity index (χ4n) is 1.76. The molecule has 0 radical (unpaired) electrons. The monoisotopic (exact) mass is 338 g/mol. The molecule has 0 aliphatic heterocycles. The van der Waals surface area contributed by atoms with E-state index in [0.29, 0.717) is 49.7 Å². The fourth-order valence-corrected chi connectivity index (χ4v) is 1.99. The van der Waals surface area contributed by atoms with Crippen molar-refractivity contribution < 1.29 is 13.9 Å². The van der Waals surface area contributed by atoms with E-state index in [1.807, 2.05) is 0 Å². The van der Waals surface area contributed by atoms with Crippen LogP contribution in [-0.4, -0.2) is 37.6 Å². The number of carbonyl (C=O) groups excluding carboxylic acids is 1. The predicted octanol–water partition coefficient (Wildman–Crippen LogP) is 2.61. The summed E-state index contributed by atoms with van der Waals surface area (Å²) in [5.41, 5.74) is 6.13. The smallest absolute Gasteiger partial charge is 0.222 e. The molecule has 0 heterocycles. The lowest BCUT2D eigenvalue weighted by molar-refractivity contribution is -0.132. The van der Waals surface area contributed by atoms with Crippen LogP contribution in [0.4, 0.5) is 4.39 Å². The maximum Gasteiger partial charge on any atom is 0.222 e. The molecular weight excluding hydrogens is 318 g/mol. The van der Waals surface area contributed by atoms with Gasteiger partial charge in [0.25, 0.3) is 0 Å². The SMILES string of the molecule is COCCN(Cc1ccc(F)cc1Cl)C(=O)CCCN.Cl. The highest BCUT2D eigenvalue weighted by Crippen LogP contribution is 2.19. The number of carbonyl (C=O) groups is 1. The Kier molecular flexibility index (Phi) is 10.3. The van der Waals surface area contributed by atoms with Gasteiger partial charge in [-0.2, -0.15) is 0 Å². The van der Waals surface area contributed by atoms with Gasteiger partial charge < -0.3 is 15.4 Å². The molecule has 0 spiro atoms. The molecule has 0 fully saturated rings. The van der Waals surface area contributed by atoms with Crippen molar-refractivity contribution in [3.05, 3.63) is 34.6 Å². The van der Waals surface area contributed by atoms with Gasteiger partial charge in [-0.15, -0.1) is 12.4 Å². The molecule has 2 N–H and O–H groups in total. The number of rotatable bonds is 8. The molecule has 7 heteroatoms. The number of amides is 1. The lowest BCUT2D eigenvalue weighted by Gasteiger charge is -2.23. The Bertz CT molecular complexity index is 447. The topological polar surface area (TPSA) is 55.6 Å². The number of hydrogen-bond acceptors (Lipinski definition) is 3. The molecule has 0 saturated heterocycles. The third-order valence-corrected chi connectivity index (χ3v) is 3.24. The summed E-state index contributed by atoms with van der Waals surface area (Å²) in [6, 6.07) is 4.17. The predicted molar refractivity (Wildman–Crippen MR) is 84.2 cm³/mol. The van der Waals surface area contributed by atoms with Gasteiger partial charge in [0.1, 0.15) is 5.82 Å². The quantitative estimate of drug-likeness (QED) is 0.792. The summed E-state index contributed by atoms with van der Waals surface area (Å²) in [7, 11) is 1.58. The molecule has 1 rings (SSSR count). The molecule has 0 unspecified atom stereocenters. The van der Waals surface area contributed by atoms with E-state index in [4.69, 9.17) is 22.1 Å². The van der Waals surface area contributed by atoms with Gasteiger partial charge in [-0.25, -0.2) is 4.39 Å². The molecule has 1 aromatic rings. The van der Waals surface area contributed by atoms with Crippen molar-refractivity contribution in [3.63, 3.8) is 0 Å². The summed E-state index contributed by atoms with van der Waals surface area (Å²) in [6.45, 7) is 1.72. The lowest BCUT2D eigenvalue weighted by Crippen LogP contribution is -2.33. The van der Waals surface area contributed by atoms with Crippen molar-refractivity contribution in [2.45, 2.75) is 19.4 Å². The Labute approximate surface area is 135 Å². The van der Waals surface area contributed by atoms with E-state index in [1.54, 1.807) is 18.1 Å². The van der Waals surface area contributed by atoms with Gasteiger partial charge in [-0.05, 0) is 30.7 Å². The van der Waals surface area contributed by atoms with Crippen LogP contribution in [0.5, 0.6) is 0 Å². The Hall–Kier alpha value is -0.880. The first kappa shape index (κ1) is 20.1. The molecule has 0 aliphatic rings. The minimum Gasteiger partial charge on any atom is -0.383 e. The Morgan fingerprint density at radius 1 is 1.48 bits per heavy atom. The normalized spacial score (nSPS) is 10.1. The summed E-state index contributed by atoms with van der Waals surface area (Å²) in [5, 5.41) is 0.319. The zero-order valence-corrected chi connectivity index (χ0v) is 13.6.